The summed E-state index contributed by atoms with van der Waals surface area (Å²) in [6.45, 7) is 3.24. The van der Waals surface area contributed by atoms with E-state index in [1.807, 2.05) is 0 Å². The van der Waals surface area contributed by atoms with Gasteiger partial charge in [-0.1, -0.05) is 12.8 Å². The molecule has 24 heavy (non-hydrogen) atoms. The molecule has 1 aliphatic carbocycles. The van der Waals surface area contributed by atoms with Crippen LogP contribution in [-0.2, 0) is 0 Å². The number of fused-ring (bicyclic) bond motifs is 1. The Morgan fingerprint density at radius 2 is 1.71 bits per heavy atom. The summed E-state index contributed by atoms with van der Waals surface area (Å²) in [7, 11) is 0. The van der Waals surface area contributed by atoms with Crippen LogP contribution in [0.2, 0.25) is 0 Å². The van der Waals surface area contributed by atoms with Crippen LogP contribution in [-0.4, -0.2) is 82.3 Å². The first-order valence-electron chi connectivity index (χ1n) is 9.44. The molecule has 134 valence electrons. The molecule has 0 aromatic carbocycles. The van der Waals surface area contributed by atoms with Gasteiger partial charge in [0.1, 0.15) is 0 Å². The number of likely N-dealkylation sites (tertiary alicyclic amines) is 2. The van der Waals surface area contributed by atoms with Crippen molar-refractivity contribution in [1.29, 1.82) is 0 Å². The van der Waals surface area contributed by atoms with Crippen LogP contribution in [0, 0.1) is 0 Å². The predicted octanol–water partition coefficient (Wildman–Crippen LogP) is 1.54. The van der Waals surface area contributed by atoms with Crippen molar-refractivity contribution < 1.29 is 14.7 Å². The molecule has 4 aliphatic rings. The molecular formula is C17H28N4O3. The Bertz CT molecular complexity index is 506. The predicted molar refractivity (Wildman–Crippen MR) is 89.0 cm³/mol. The van der Waals surface area contributed by atoms with Crippen LogP contribution < -0.4 is 5.32 Å². The molecule has 0 radical (unpaired) electrons. The first-order chi connectivity index (χ1) is 11.6. The van der Waals surface area contributed by atoms with Gasteiger partial charge in [-0.05, 0) is 32.1 Å². The molecule has 0 aromatic rings. The standard InChI is InChI=1S/C17H28N4O3/c22-16-18-14-3-1-2-4-15(14)21(16)12-5-8-19(9-6-12)13-7-10-20(11-13)17(23)24/h12-15H,1-11H2,(H,18,22)(H,23,24)/t13?,14-,15?/m1/s1. The van der Waals surface area contributed by atoms with Gasteiger partial charge >= 0.3 is 12.1 Å². The number of carbonyl (C=O) groups excluding carboxylic acids is 1. The van der Waals surface area contributed by atoms with E-state index in [0.717, 1.165) is 45.2 Å². The molecule has 0 bridgehead atoms. The second kappa shape index (κ2) is 6.43. The third-order valence-electron chi connectivity index (χ3n) is 6.47. The fourth-order valence-corrected chi connectivity index (χ4v) is 5.18. The topological polar surface area (TPSA) is 76.1 Å². The van der Waals surface area contributed by atoms with Crippen molar-refractivity contribution in [1.82, 2.24) is 20.0 Å². The molecular weight excluding hydrogens is 308 g/mol. The Labute approximate surface area is 143 Å². The summed E-state index contributed by atoms with van der Waals surface area (Å²) in [4.78, 5) is 29.6. The molecule has 7 nitrogen and oxygen atoms in total. The molecule has 4 rings (SSSR count). The van der Waals surface area contributed by atoms with Gasteiger partial charge in [-0.2, -0.15) is 0 Å². The largest absolute Gasteiger partial charge is 0.465 e. The number of carbonyl (C=O) groups is 2. The van der Waals surface area contributed by atoms with Gasteiger partial charge < -0.3 is 20.2 Å². The Hall–Kier alpha value is -1.50. The lowest BCUT2D eigenvalue weighted by Crippen LogP contribution is -2.52. The first kappa shape index (κ1) is 16.0. The van der Waals surface area contributed by atoms with Gasteiger partial charge in [-0.25, -0.2) is 9.59 Å². The van der Waals surface area contributed by atoms with Gasteiger partial charge in [0, 0.05) is 38.3 Å². The number of nitrogens with one attached hydrogen (secondary N) is 1. The van der Waals surface area contributed by atoms with Crippen LogP contribution in [0.25, 0.3) is 0 Å². The molecule has 3 atom stereocenters. The van der Waals surface area contributed by atoms with Gasteiger partial charge in [0.2, 0.25) is 0 Å². The van der Waals surface area contributed by atoms with E-state index in [2.05, 4.69) is 15.1 Å². The van der Waals surface area contributed by atoms with Crippen LogP contribution in [0.3, 0.4) is 0 Å². The van der Waals surface area contributed by atoms with Crippen LogP contribution >= 0.6 is 0 Å². The van der Waals surface area contributed by atoms with Crippen molar-refractivity contribution in [2.24, 2.45) is 0 Å². The maximum Gasteiger partial charge on any atom is 0.407 e. The van der Waals surface area contributed by atoms with Crippen molar-refractivity contribution in [3.8, 4) is 0 Å². The fraction of sp³-hybridized carbons (Fsp3) is 0.882. The third-order valence-corrected chi connectivity index (χ3v) is 6.47. The summed E-state index contributed by atoms with van der Waals surface area (Å²) in [5.74, 6) is 0. The van der Waals surface area contributed by atoms with Gasteiger partial charge in [0.05, 0.1) is 12.1 Å². The summed E-state index contributed by atoms with van der Waals surface area (Å²) in [6, 6.07) is 1.62. The second-order valence-corrected chi connectivity index (χ2v) is 7.75. The molecule has 0 aromatic heterocycles. The van der Waals surface area contributed by atoms with E-state index in [-0.39, 0.29) is 6.03 Å². The average Bonchev–Trinajstić information content (AvgIpc) is 3.19. The number of nitrogens with zero attached hydrogens (tertiary/aromatic N) is 3. The zero-order valence-corrected chi connectivity index (χ0v) is 14.2. The van der Waals surface area contributed by atoms with Crippen LogP contribution in [0.15, 0.2) is 0 Å². The number of carboxylic acid groups (broad SMARTS) is 1. The minimum Gasteiger partial charge on any atom is -0.465 e. The van der Waals surface area contributed by atoms with E-state index in [9.17, 15) is 9.59 Å². The molecule has 3 amide bonds. The highest BCUT2D eigenvalue weighted by Gasteiger charge is 2.44. The van der Waals surface area contributed by atoms with Crippen molar-refractivity contribution in [3.63, 3.8) is 0 Å². The smallest absolute Gasteiger partial charge is 0.407 e. The lowest BCUT2D eigenvalue weighted by molar-refractivity contribution is 0.0822. The highest BCUT2D eigenvalue weighted by Crippen LogP contribution is 2.33. The quantitative estimate of drug-likeness (QED) is 0.802. The van der Waals surface area contributed by atoms with Crippen molar-refractivity contribution in [2.45, 2.75) is 69.1 Å². The molecule has 2 unspecified atom stereocenters. The van der Waals surface area contributed by atoms with Crippen molar-refractivity contribution in [2.75, 3.05) is 26.2 Å². The minimum absolute atomic E-state index is 0.142. The zero-order valence-electron chi connectivity index (χ0n) is 14.2. The molecule has 4 fully saturated rings. The van der Waals surface area contributed by atoms with Crippen LogP contribution in [0.4, 0.5) is 9.59 Å². The summed E-state index contributed by atoms with van der Waals surface area (Å²) >= 11 is 0. The highest BCUT2D eigenvalue weighted by molar-refractivity contribution is 5.78. The Kier molecular flexibility index (Phi) is 4.28. The van der Waals surface area contributed by atoms with E-state index in [1.165, 1.54) is 17.7 Å². The fourth-order valence-electron chi connectivity index (χ4n) is 5.18. The molecule has 2 N–H and O–H groups in total. The number of rotatable bonds is 2. The zero-order chi connectivity index (χ0) is 16.7. The van der Waals surface area contributed by atoms with E-state index in [0.29, 0.717) is 37.3 Å². The van der Waals surface area contributed by atoms with Gasteiger partial charge in [0.25, 0.3) is 0 Å². The lowest BCUT2D eigenvalue weighted by Gasteiger charge is -2.41. The van der Waals surface area contributed by atoms with Crippen molar-refractivity contribution in [3.05, 3.63) is 0 Å². The van der Waals surface area contributed by atoms with E-state index in [4.69, 9.17) is 5.11 Å². The Balaban J connectivity index is 1.33. The number of urea groups is 1. The maximum absolute atomic E-state index is 12.4. The molecule has 3 aliphatic heterocycles. The average molecular weight is 336 g/mol. The molecule has 1 saturated carbocycles. The van der Waals surface area contributed by atoms with Gasteiger partial charge in [0.15, 0.2) is 0 Å². The molecule has 3 saturated heterocycles. The van der Waals surface area contributed by atoms with Gasteiger partial charge in [-0.15, -0.1) is 0 Å². The Morgan fingerprint density at radius 1 is 1.00 bits per heavy atom. The number of hydrogen-bond acceptors (Lipinski definition) is 3. The normalized spacial score (nSPS) is 35.2. The van der Waals surface area contributed by atoms with E-state index < -0.39 is 6.09 Å². The number of amides is 3. The summed E-state index contributed by atoms with van der Waals surface area (Å²) in [5, 5.41) is 12.3. The van der Waals surface area contributed by atoms with Gasteiger partial charge in [-0.3, -0.25) is 4.90 Å². The SMILES string of the molecule is O=C(O)N1CCC(N2CCC(N3C(=O)N[C@@H]4CCCCC43)CC2)C1. The molecule has 3 heterocycles. The van der Waals surface area contributed by atoms with E-state index >= 15 is 0 Å². The first-order valence-corrected chi connectivity index (χ1v) is 9.44. The molecule has 7 heteroatoms. The summed E-state index contributed by atoms with van der Waals surface area (Å²) in [5.41, 5.74) is 0. The van der Waals surface area contributed by atoms with Crippen molar-refractivity contribution >= 4 is 12.1 Å². The monoisotopic (exact) mass is 336 g/mol. The number of hydrogen-bond donors (Lipinski definition) is 2. The van der Waals surface area contributed by atoms with Crippen LogP contribution in [0.5, 0.6) is 0 Å². The molecule has 0 spiro atoms. The number of piperidine rings is 1. The summed E-state index contributed by atoms with van der Waals surface area (Å²) < 4.78 is 0. The lowest BCUT2D eigenvalue weighted by atomic mass is 9.89. The summed E-state index contributed by atoms with van der Waals surface area (Å²) in [6.07, 6.45) is 6.89. The second-order valence-electron chi connectivity index (χ2n) is 7.75. The minimum atomic E-state index is -0.801. The third kappa shape index (κ3) is 2.83. The van der Waals surface area contributed by atoms with E-state index in [1.54, 1.807) is 0 Å². The van der Waals surface area contributed by atoms with Crippen LogP contribution in [0.1, 0.15) is 44.9 Å². The maximum atomic E-state index is 12.4. The highest BCUT2D eigenvalue weighted by atomic mass is 16.4. The Morgan fingerprint density at radius 3 is 2.42 bits per heavy atom.